The largest absolute Gasteiger partial charge is 0.337 e. The normalized spacial score (nSPS) is 10.7. The lowest BCUT2D eigenvalue weighted by molar-refractivity contribution is 0.0745. The lowest BCUT2D eigenvalue weighted by Gasteiger charge is -2.24. The maximum atomic E-state index is 12.4. The van der Waals surface area contributed by atoms with E-state index in [1.165, 1.54) is 0 Å². The molecule has 0 aromatic heterocycles. The topological polar surface area (TPSA) is 23.6 Å². The van der Waals surface area contributed by atoms with Crippen molar-refractivity contribution >= 4 is 28.5 Å². The zero-order valence-electron chi connectivity index (χ0n) is 11.3. The molecular formula is C14H21IN2O. The SMILES string of the molecule is CCCN(CCN(C)C)C(=O)c1ccc(I)cc1. The summed E-state index contributed by atoms with van der Waals surface area (Å²) in [5, 5.41) is 0. The minimum atomic E-state index is 0.134. The maximum absolute atomic E-state index is 12.4. The molecule has 0 aliphatic rings. The first-order valence-electron chi connectivity index (χ1n) is 6.24. The predicted molar refractivity (Wildman–Crippen MR) is 83.9 cm³/mol. The number of carbonyl (C=O) groups is 1. The number of carbonyl (C=O) groups excluding carboxylic acids is 1. The molecule has 0 spiro atoms. The van der Waals surface area contributed by atoms with Crippen molar-refractivity contribution in [1.29, 1.82) is 0 Å². The second kappa shape index (κ2) is 7.74. The fraction of sp³-hybridized carbons (Fsp3) is 0.500. The van der Waals surface area contributed by atoms with Gasteiger partial charge in [-0.3, -0.25) is 4.79 Å². The van der Waals surface area contributed by atoms with E-state index < -0.39 is 0 Å². The van der Waals surface area contributed by atoms with Gasteiger partial charge in [0.05, 0.1) is 0 Å². The molecule has 18 heavy (non-hydrogen) atoms. The van der Waals surface area contributed by atoms with Crippen LogP contribution in [0.25, 0.3) is 0 Å². The van der Waals surface area contributed by atoms with Crippen molar-refractivity contribution in [2.24, 2.45) is 0 Å². The van der Waals surface area contributed by atoms with Gasteiger partial charge >= 0.3 is 0 Å². The van der Waals surface area contributed by atoms with Gasteiger partial charge in [0.1, 0.15) is 0 Å². The molecule has 0 N–H and O–H groups in total. The van der Waals surface area contributed by atoms with Crippen molar-refractivity contribution in [2.45, 2.75) is 13.3 Å². The van der Waals surface area contributed by atoms with Gasteiger partial charge in [-0.2, -0.15) is 0 Å². The molecule has 3 nitrogen and oxygen atoms in total. The van der Waals surface area contributed by atoms with Gasteiger partial charge in [-0.05, 0) is 67.4 Å². The molecule has 1 amide bonds. The summed E-state index contributed by atoms with van der Waals surface area (Å²) >= 11 is 2.25. The second-order valence-corrected chi connectivity index (χ2v) is 5.85. The van der Waals surface area contributed by atoms with Gasteiger partial charge in [-0.25, -0.2) is 0 Å². The number of amides is 1. The van der Waals surface area contributed by atoms with E-state index in [2.05, 4.69) is 34.4 Å². The standard InChI is InChI=1S/C14H21IN2O/c1-4-9-17(11-10-16(2)3)14(18)12-5-7-13(15)8-6-12/h5-8H,4,9-11H2,1-3H3. The van der Waals surface area contributed by atoms with E-state index in [-0.39, 0.29) is 5.91 Å². The number of likely N-dealkylation sites (N-methyl/N-ethyl adjacent to an activating group) is 1. The van der Waals surface area contributed by atoms with Gasteiger partial charge in [-0.15, -0.1) is 0 Å². The van der Waals surface area contributed by atoms with E-state index in [4.69, 9.17) is 0 Å². The summed E-state index contributed by atoms with van der Waals surface area (Å²) in [6.07, 6.45) is 0.990. The molecule has 0 saturated carbocycles. The molecular weight excluding hydrogens is 339 g/mol. The number of halogens is 1. The summed E-state index contributed by atoms with van der Waals surface area (Å²) in [4.78, 5) is 16.4. The molecule has 0 aliphatic carbocycles. The van der Waals surface area contributed by atoms with Crippen LogP contribution in [0.4, 0.5) is 0 Å². The fourth-order valence-electron chi connectivity index (χ4n) is 1.68. The Balaban J connectivity index is 2.72. The average Bonchev–Trinajstić information content (AvgIpc) is 2.34. The van der Waals surface area contributed by atoms with E-state index in [0.717, 1.165) is 35.2 Å². The van der Waals surface area contributed by atoms with Crippen LogP contribution < -0.4 is 0 Å². The number of nitrogens with zero attached hydrogens (tertiary/aromatic N) is 2. The second-order valence-electron chi connectivity index (χ2n) is 4.60. The van der Waals surface area contributed by atoms with E-state index >= 15 is 0 Å². The van der Waals surface area contributed by atoms with Gasteiger partial charge < -0.3 is 9.80 Å². The van der Waals surface area contributed by atoms with Crippen molar-refractivity contribution in [1.82, 2.24) is 9.80 Å². The summed E-state index contributed by atoms with van der Waals surface area (Å²) in [5.74, 6) is 0.134. The van der Waals surface area contributed by atoms with E-state index in [1.807, 2.05) is 43.3 Å². The minimum absolute atomic E-state index is 0.134. The lowest BCUT2D eigenvalue weighted by Crippen LogP contribution is -2.37. The zero-order valence-corrected chi connectivity index (χ0v) is 13.5. The maximum Gasteiger partial charge on any atom is 0.253 e. The Kier molecular flexibility index (Phi) is 6.63. The van der Waals surface area contributed by atoms with E-state index in [1.54, 1.807) is 0 Å². The molecule has 0 fully saturated rings. The van der Waals surface area contributed by atoms with Crippen LogP contribution in [-0.4, -0.2) is 49.4 Å². The molecule has 0 aliphatic heterocycles. The van der Waals surface area contributed by atoms with Crippen LogP contribution in [0.1, 0.15) is 23.7 Å². The molecule has 1 rings (SSSR count). The van der Waals surface area contributed by atoms with E-state index in [9.17, 15) is 4.79 Å². The van der Waals surface area contributed by atoms with Gasteiger partial charge in [0.25, 0.3) is 5.91 Å². The Labute approximate surface area is 123 Å². The zero-order chi connectivity index (χ0) is 13.5. The summed E-state index contributed by atoms with van der Waals surface area (Å²) in [7, 11) is 4.05. The van der Waals surface area contributed by atoms with Crippen LogP contribution in [0.2, 0.25) is 0 Å². The predicted octanol–water partition coefficient (Wildman–Crippen LogP) is 2.71. The first kappa shape index (κ1) is 15.4. The molecule has 0 saturated heterocycles. The molecule has 4 heteroatoms. The molecule has 0 unspecified atom stereocenters. The third-order valence-electron chi connectivity index (χ3n) is 2.69. The van der Waals surface area contributed by atoms with Gasteiger partial charge in [0.15, 0.2) is 0 Å². The average molecular weight is 360 g/mol. The van der Waals surface area contributed by atoms with Crippen molar-refractivity contribution < 1.29 is 4.79 Å². The van der Waals surface area contributed by atoms with Crippen LogP contribution in [0, 0.1) is 3.57 Å². The van der Waals surface area contributed by atoms with Gasteiger partial charge in [0.2, 0.25) is 0 Å². The molecule has 0 atom stereocenters. The van der Waals surface area contributed by atoms with Crippen molar-refractivity contribution in [2.75, 3.05) is 33.7 Å². The number of hydrogen-bond donors (Lipinski definition) is 0. The van der Waals surface area contributed by atoms with Crippen LogP contribution in [0.3, 0.4) is 0 Å². The van der Waals surface area contributed by atoms with Crippen LogP contribution in [0.15, 0.2) is 24.3 Å². The number of benzene rings is 1. The van der Waals surface area contributed by atoms with Crippen molar-refractivity contribution in [3.8, 4) is 0 Å². The minimum Gasteiger partial charge on any atom is -0.337 e. The molecule has 100 valence electrons. The number of hydrogen-bond acceptors (Lipinski definition) is 2. The molecule has 0 heterocycles. The number of rotatable bonds is 6. The molecule has 0 bridgehead atoms. The Bertz CT molecular complexity index is 376. The van der Waals surface area contributed by atoms with Crippen molar-refractivity contribution in [3.05, 3.63) is 33.4 Å². The van der Waals surface area contributed by atoms with Gasteiger partial charge in [0, 0.05) is 28.8 Å². The highest BCUT2D eigenvalue weighted by molar-refractivity contribution is 14.1. The Hall–Kier alpha value is -0.620. The first-order valence-corrected chi connectivity index (χ1v) is 7.32. The summed E-state index contributed by atoms with van der Waals surface area (Å²) in [6.45, 7) is 4.60. The van der Waals surface area contributed by atoms with Crippen LogP contribution in [-0.2, 0) is 0 Å². The Morgan fingerprint density at radius 1 is 1.11 bits per heavy atom. The van der Waals surface area contributed by atoms with Crippen LogP contribution in [0.5, 0.6) is 0 Å². The highest BCUT2D eigenvalue weighted by Gasteiger charge is 2.14. The summed E-state index contributed by atoms with van der Waals surface area (Å²) in [6, 6.07) is 7.76. The monoisotopic (exact) mass is 360 g/mol. The molecule has 0 radical (unpaired) electrons. The highest BCUT2D eigenvalue weighted by Crippen LogP contribution is 2.10. The summed E-state index contributed by atoms with van der Waals surface area (Å²) in [5.41, 5.74) is 0.780. The van der Waals surface area contributed by atoms with Gasteiger partial charge in [-0.1, -0.05) is 6.92 Å². The van der Waals surface area contributed by atoms with Crippen molar-refractivity contribution in [3.63, 3.8) is 0 Å². The summed E-state index contributed by atoms with van der Waals surface area (Å²) < 4.78 is 1.15. The molecule has 1 aromatic carbocycles. The molecule has 1 aromatic rings. The quantitative estimate of drug-likeness (QED) is 0.729. The third kappa shape index (κ3) is 4.94. The Morgan fingerprint density at radius 3 is 2.22 bits per heavy atom. The highest BCUT2D eigenvalue weighted by atomic mass is 127. The fourth-order valence-corrected chi connectivity index (χ4v) is 2.04. The first-order chi connectivity index (χ1) is 8.54. The smallest absolute Gasteiger partial charge is 0.253 e. The lowest BCUT2D eigenvalue weighted by atomic mass is 10.2. The third-order valence-corrected chi connectivity index (χ3v) is 3.41. The van der Waals surface area contributed by atoms with Crippen LogP contribution >= 0.6 is 22.6 Å². The van der Waals surface area contributed by atoms with E-state index in [0.29, 0.717) is 0 Å². The Morgan fingerprint density at radius 2 is 1.72 bits per heavy atom.